The van der Waals surface area contributed by atoms with Crippen molar-refractivity contribution in [2.75, 3.05) is 13.2 Å². The molecule has 33 heavy (non-hydrogen) atoms. The number of aromatic carboxylic acids is 1. The second kappa shape index (κ2) is 9.81. The van der Waals surface area contributed by atoms with E-state index in [-0.39, 0.29) is 36.6 Å². The number of aliphatic hydroxyl groups is 2. The molecule has 2 aromatic carbocycles. The fraction of sp³-hybridized carbons (Fsp3) is 0.240. The second-order valence-electron chi connectivity index (χ2n) is 7.82. The summed E-state index contributed by atoms with van der Waals surface area (Å²) in [5.41, 5.74) is 4.36. The van der Waals surface area contributed by atoms with E-state index in [1.807, 2.05) is 36.4 Å². The third kappa shape index (κ3) is 4.72. The van der Waals surface area contributed by atoms with Crippen LogP contribution in [0.4, 0.5) is 4.79 Å². The number of hydrogen-bond acceptors (Lipinski definition) is 6. The topological polar surface area (TPSA) is 129 Å². The number of aliphatic hydroxyl groups excluding tert-OH is 2. The van der Waals surface area contributed by atoms with E-state index in [0.717, 1.165) is 22.3 Å². The molecule has 2 unspecified atom stereocenters. The Kier molecular flexibility index (Phi) is 6.67. The van der Waals surface area contributed by atoms with Crippen molar-refractivity contribution in [2.24, 2.45) is 0 Å². The first kappa shape index (κ1) is 22.4. The number of carbonyl (C=O) groups excluding carboxylic acids is 1. The van der Waals surface area contributed by atoms with E-state index in [1.165, 1.54) is 18.5 Å². The normalized spacial score (nSPS) is 14.1. The highest BCUT2D eigenvalue weighted by Gasteiger charge is 2.29. The number of pyridine rings is 1. The van der Waals surface area contributed by atoms with Gasteiger partial charge in [0.15, 0.2) is 0 Å². The Morgan fingerprint density at radius 1 is 1.00 bits per heavy atom. The third-order valence-electron chi connectivity index (χ3n) is 5.82. The van der Waals surface area contributed by atoms with Crippen molar-refractivity contribution in [1.29, 1.82) is 0 Å². The van der Waals surface area contributed by atoms with Gasteiger partial charge in [0.2, 0.25) is 0 Å². The third-order valence-corrected chi connectivity index (χ3v) is 5.82. The summed E-state index contributed by atoms with van der Waals surface area (Å²) in [6, 6.07) is 17.3. The van der Waals surface area contributed by atoms with Crippen molar-refractivity contribution in [3.63, 3.8) is 0 Å². The lowest BCUT2D eigenvalue weighted by molar-refractivity contribution is 0.0126. The minimum atomic E-state index is -1.45. The lowest BCUT2D eigenvalue weighted by Crippen LogP contribution is -2.31. The van der Waals surface area contributed by atoms with Gasteiger partial charge < -0.3 is 25.4 Å². The smallest absolute Gasteiger partial charge is 0.407 e. The molecule has 3 aromatic rings. The summed E-state index contributed by atoms with van der Waals surface area (Å²) in [4.78, 5) is 27.3. The van der Waals surface area contributed by atoms with Gasteiger partial charge in [0.05, 0.1) is 11.7 Å². The molecule has 1 aromatic heterocycles. The number of fused-ring (bicyclic) bond motifs is 3. The van der Waals surface area contributed by atoms with Crippen LogP contribution in [0.15, 0.2) is 67.0 Å². The number of hydrogen-bond donors (Lipinski definition) is 4. The van der Waals surface area contributed by atoms with Gasteiger partial charge in [-0.2, -0.15) is 0 Å². The molecule has 0 fully saturated rings. The van der Waals surface area contributed by atoms with Gasteiger partial charge in [0.25, 0.3) is 0 Å². The molecule has 8 heteroatoms. The predicted molar refractivity (Wildman–Crippen MR) is 120 cm³/mol. The predicted octanol–water partition coefficient (Wildman–Crippen LogP) is 3.10. The van der Waals surface area contributed by atoms with Crippen LogP contribution in [0.25, 0.3) is 11.1 Å². The van der Waals surface area contributed by atoms with Crippen LogP contribution in [0.2, 0.25) is 0 Å². The molecular formula is C25H24N2O6. The molecule has 0 aliphatic heterocycles. The maximum absolute atomic E-state index is 12.2. The molecular weight excluding hydrogens is 424 g/mol. The highest BCUT2D eigenvalue weighted by Crippen LogP contribution is 2.44. The van der Waals surface area contributed by atoms with Gasteiger partial charge in [-0.1, -0.05) is 48.5 Å². The molecule has 1 aliphatic carbocycles. The van der Waals surface area contributed by atoms with Crippen molar-refractivity contribution in [2.45, 2.75) is 24.5 Å². The van der Waals surface area contributed by atoms with E-state index < -0.39 is 24.3 Å². The summed E-state index contributed by atoms with van der Waals surface area (Å²) in [7, 11) is 0. The lowest BCUT2D eigenvalue weighted by Gasteiger charge is -2.19. The fourth-order valence-corrected chi connectivity index (χ4v) is 4.17. The Labute approximate surface area is 190 Å². The van der Waals surface area contributed by atoms with Gasteiger partial charge >= 0.3 is 12.1 Å². The van der Waals surface area contributed by atoms with Gasteiger partial charge in [0.1, 0.15) is 12.7 Å². The van der Waals surface area contributed by atoms with Crippen molar-refractivity contribution in [3.8, 4) is 11.1 Å². The summed E-state index contributed by atoms with van der Waals surface area (Å²) < 4.78 is 5.44. The van der Waals surface area contributed by atoms with Gasteiger partial charge in [-0.05, 0) is 34.7 Å². The first-order valence-corrected chi connectivity index (χ1v) is 10.6. The van der Waals surface area contributed by atoms with Gasteiger partial charge in [-0.3, -0.25) is 4.98 Å². The van der Waals surface area contributed by atoms with Crippen LogP contribution in [0.5, 0.6) is 0 Å². The number of carboxylic acids is 1. The number of benzene rings is 2. The molecule has 4 rings (SSSR count). The maximum atomic E-state index is 12.2. The standard InChI is InChI=1S/C25H24N2O6/c28-22(23(29)20-13-26-11-9-19(20)24(30)31)10-12-27-25(32)33-14-21-17-7-3-1-5-15(17)16-6-2-4-8-18(16)21/h1-9,11,13,21-23,28-29H,10,12,14H2,(H,27,32)(H,30,31). The average molecular weight is 448 g/mol. The summed E-state index contributed by atoms with van der Waals surface area (Å²) in [5.74, 6) is -1.29. The van der Waals surface area contributed by atoms with E-state index in [2.05, 4.69) is 22.4 Å². The molecule has 0 bridgehead atoms. The number of ether oxygens (including phenoxy) is 1. The van der Waals surface area contributed by atoms with Crippen LogP contribution in [0.1, 0.15) is 45.5 Å². The number of alkyl carbamates (subject to hydrolysis) is 1. The molecule has 0 saturated heterocycles. The zero-order chi connectivity index (χ0) is 23.4. The van der Waals surface area contributed by atoms with Gasteiger partial charge in [-0.15, -0.1) is 0 Å². The Morgan fingerprint density at radius 2 is 1.64 bits per heavy atom. The van der Waals surface area contributed by atoms with Crippen LogP contribution < -0.4 is 5.32 Å². The zero-order valence-electron chi connectivity index (χ0n) is 17.7. The monoisotopic (exact) mass is 448 g/mol. The number of rotatable bonds is 8. The number of nitrogens with one attached hydrogen (secondary N) is 1. The van der Waals surface area contributed by atoms with E-state index >= 15 is 0 Å². The summed E-state index contributed by atoms with van der Waals surface area (Å²) in [6.45, 7) is 0.209. The highest BCUT2D eigenvalue weighted by atomic mass is 16.5. The Morgan fingerprint density at radius 3 is 2.27 bits per heavy atom. The molecule has 0 spiro atoms. The van der Waals surface area contributed by atoms with Gasteiger partial charge in [0, 0.05) is 30.4 Å². The van der Waals surface area contributed by atoms with E-state index in [4.69, 9.17) is 4.74 Å². The van der Waals surface area contributed by atoms with Crippen molar-refractivity contribution in [3.05, 3.63) is 89.2 Å². The van der Waals surface area contributed by atoms with Crippen molar-refractivity contribution >= 4 is 12.1 Å². The number of amides is 1. The number of carboxylic acid groups (broad SMARTS) is 1. The van der Waals surface area contributed by atoms with Crippen molar-refractivity contribution < 1.29 is 29.6 Å². The molecule has 8 nitrogen and oxygen atoms in total. The lowest BCUT2D eigenvalue weighted by atomic mass is 9.98. The Balaban J connectivity index is 1.30. The quantitative estimate of drug-likeness (QED) is 0.417. The van der Waals surface area contributed by atoms with E-state index in [9.17, 15) is 24.9 Å². The van der Waals surface area contributed by atoms with Crippen LogP contribution >= 0.6 is 0 Å². The van der Waals surface area contributed by atoms with Crippen LogP contribution in [-0.4, -0.2) is 51.6 Å². The first-order valence-electron chi connectivity index (χ1n) is 10.6. The fourth-order valence-electron chi connectivity index (χ4n) is 4.17. The van der Waals surface area contributed by atoms with E-state index in [1.54, 1.807) is 0 Å². The second-order valence-corrected chi connectivity index (χ2v) is 7.82. The molecule has 0 radical (unpaired) electrons. The van der Waals surface area contributed by atoms with Gasteiger partial charge in [-0.25, -0.2) is 9.59 Å². The molecule has 4 N–H and O–H groups in total. The SMILES string of the molecule is O=C(NCCC(O)C(O)c1cnccc1C(=O)O)OCC1c2ccccc2-c2ccccc21. The highest BCUT2D eigenvalue weighted by molar-refractivity contribution is 5.89. The number of nitrogens with zero attached hydrogens (tertiary/aromatic N) is 1. The minimum absolute atomic E-state index is 0.000679. The first-order chi connectivity index (χ1) is 16.0. The number of aromatic nitrogens is 1. The molecule has 170 valence electrons. The molecule has 1 heterocycles. The van der Waals surface area contributed by atoms with Crippen LogP contribution in [-0.2, 0) is 4.74 Å². The van der Waals surface area contributed by atoms with Crippen LogP contribution in [0, 0.1) is 0 Å². The molecule has 2 atom stereocenters. The molecule has 0 saturated carbocycles. The summed E-state index contributed by atoms with van der Waals surface area (Å²) >= 11 is 0. The van der Waals surface area contributed by atoms with Crippen LogP contribution in [0.3, 0.4) is 0 Å². The van der Waals surface area contributed by atoms with E-state index in [0.29, 0.717) is 0 Å². The zero-order valence-corrected chi connectivity index (χ0v) is 17.7. The minimum Gasteiger partial charge on any atom is -0.478 e. The van der Waals surface area contributed by atoms with Crippen molar-refractivity contribution in [1.82, 2.24) is 10.3 Å². The molecule has 1 amide bonds. The maximum Gasteiger partial charge on any atom is 0.407 e. The number of carbonyl (C=O) groups is 2. The largest absolute Gasteiger partial charge is 0.478 e. The summed E-state index contributed by atoms with van der Waals surface area (Å²) in [6.07, 6.45) is -0.873. The Hall–Kier alpha value is -3.75. The summed E-state index contributed by atoms with van der Waals surface area (Å²) in [5, 5.41) is 32.4. The molecule has 1 aliphatic rings. The Bertz CT molecular complexity index is 1120. The average Bonchev–Trinajstić information content (AvgIpc) is 3.16.